The van der Waals surface area contributed by atoms with Crippen LogP contribution in [0.4, 0.5) is 0 Å². The molecule has 65 valence electrons. The maximum Gasteiger partial charge on any atom is 0.0925 e. The first-order chi connectivity index (χ1) is 6.27. The molecule has 0 bridgehead atoms. The molecule has 0 N–H and O–H groups in total. The van der Waals surface area contributed by atoms with E-state index < -0.39 is 0 Å². The zero-order valence-electron chi connectivity index (χ0n) is 7.57. The fraction of sp³-hybridized carbons (Fsp3) is 0.0909. The highest BCUT2D eigenvalue weighted by Gasteiger charge is 2.02. The minimum absolute atomic E-state index is 0.980. The van der Waals surface area contributed by atoms with Gasteiger partial charge in [0.2, 0.25) is 0 Å². The number of nitrogens with zero attached hydrogens (tertiary/aromatic N) is 2. The molecule has 2 nitrogen and oxygen atoms in total. The van der Waals surface area contributed by atoms with Crippen molar-refractivity contribution < 1.29 is 0 Å². The third-order valence-corrected chi connectivity index (χ3v) is 2.05. The third kappa shape index (κ3) is 1.47. The van der Waals surface area contributed by atoms with Gasteiger partial charge < -0.3 is 0 Å². The maximum absolute atomic E-state index is 4.29. The molecule has 0 saturated carbocycles. The minimum Gasteiger partial charge on any atom is -0.267 e. The SMILES string of the molecule is [CH2]n1nc(-c2ccccc2)cc1C. The van der Waals surface area contributed by atoms with E-state index in [1.54, 1.807) is 4.68 Å². The van der Waals surface area contributed by atoms with Crippen molar-refractivity contribution in [3.05, 3.63) is 49.1 Å². The molecule has 1 radical (unpaired) electrons. The summed E-state index contributed by atoms with van der Waals surface area (Å²) in [7, 11) is 3.77. The van der Waals surface area contributed by atoms with Gasteiger partial charge in [0.15, 0.2) is 0 Å². The second-order valence-electron chi connectivity index (χ2n) is 3.04. The molecule has 1 aromatic heterocycles. The standard InChI is InChI=1S/C11H11N2/c1-9-8-11(12-13(9)2)10-6-4-3-5-7-10/h3-8H,2H2,1H3. The molecule has 0 unspecified atom stereocenters. The summed E-state index contributed by atoms with van der Waals surface area (Å²) in [4.78, 5) is 0. The number of benzene rings is 1. The zero-order valence-corrected chi connectivity index (χ0v) is 7.57. The average molecular weight is 171 g/mol. The van der Waals surface area contributed by atoms with E-state index in [-0.39, 0.29) is 0 Å². The van der Waals surface area contributed by atoms with Crippen LogP contribution in [0.5, 0.6) is 0 Å². The van der Waals surface area contributed by atoms with Crippen molar-refractivity contribution in [3.8, 4) is 11.3 Å². The van der Waals surface area contributed by atoms with Gasteiger partial charge in [-0.2, -0.15) is 5.10 Å². The van der Waals surface area contributed by atoms with Crippen LogP contribution in [-0.4, -0.2) is 9.78 Å². The van der Waals surface area contributed by atoms with E-state index in [0.717, 1.165) is 17.0 Å². The summed E-state index contributed by atoms with van der Waals surface area (Å²) in [5, 5.41) is 4.29. The summed E-state index contributed by atoms with van der Waals surface area (Å²) < 4.78 is 1.64. The van der Waals surface area contributed by atoms with E-state index in [1.165, 1.54) is 0 Å². The van der Waals surface area contributed by atoms with E-state index in [4.69, 9.17) is 0 Å². The molecular weight excluding hydrogens is 160 g/mol. The fourth-order valence-electron chi connectivity index (χ4n) is 1.26. The van der Waals surface area contributed by atoms with E-state index >= 15 is 0 Å². The highest BCUT2D eigenvalue weighted by atomic mass is 15.3. The van der Waals surface area contributed by atoms with Gasteiger partial charge in [0.05, 0.1) is 12.7 Å². The summed E-state index contributed by atoms with van der Waals surface area (Å²) in [6, 6.07) is 12.1. The number of aryl methyl sites for hydroxylation is 1. The predicted molar refractivity (Wildman–Crippen MR) is 53.2 cm³/mol. The molecule has 0 aliphatic carbocycles. The second kappa shape index (κ2) is 3.05. The van der Waals surface area contributed by atoms with Crippen LogP contribution >= 0.6 is 0 Å². The fourth-order valence-corrected chi connectivity index (χ4v) is 1.26. The number of hydrogen-bond donors (Lipinski definition) is 0. The summed E-state index contributed by atoms with van der Waals surface area (Å²) in [5.41, 5.74) is 3.18. The van der Waals surface area contributed by atoms with Crippen molar-refractivity contribution in [3.63, 3.8) is 0 Å². The lowest BCUT2D eigenvalue weighted by Gasteiger charge is -1.93. The lowest BCUT2D eigenvalue weighted by Crippen LogP contribution is -1.89. The van der Waals surface area contributed by atoms with Crippen molar-refractivity contribution in [2.75, 3.05) is 0 Å². The Morgan fingerprint density at radius 3 is 2.46 bits per heavy atom. The molecule has 2 aromatic rings. The van der Waals surface area contributed by atoms with Crippen molar-refractivity contribution in [2.24, 2.45) is 0 Å². The van der Waals surface area contributed by atoms with Crippen molar-refractivity contribution in [1.29, 1.82) is 0 Å². The Hall–Kier alpha value is -1.57. The monoisotopic (exact) mass is 171 g/mol. The number of aromatic nitrogens is 2. The van der Waals surface area contributed by atoms with E-state index in [1.807, 2.05) is 43.3 Å². The average Bonchev–Trinajstić information content (AvgIpc) is 2.49. The van der Waals surface area contributed by atoms with E-state index in [0.29, 0.717) is 0 Å². The maximum atomic E-state index is 4.29. The molecule has 2 rings (SSSR count). The molecule has 0 spiro atoms. The van der Waals surface area contributed by atoms with E-state index in [9.17, 15) is 0 Å². The van der Waals surface area contributed by atoms with Crippen LogP contribution < -0.4 is 0 Å². The Bertz CT molecular complexity index is 382. The second-order valence-corrected chi connectivity index (χ2v) is 3.04. The van der Waals surface area contributed by atoms with Gasteiger partial charge in [0.25, 0.3) is 0 Å². The molecule has 0 atom stereocenters. The molecule has 0 fully saturated rings. The molecule has 0 aliphatic heterocycles. The summed E-state index contributed by atoms with van der Waals surface area (Å²) in [6.45, 7) is 1.99. The Labute approximate surface area is 77.8 Å². The van der Waals surface area contributed by atoms with Gasteiger partial charge >= 0.3 is 0 Å². The van der Waals surface area contributed by atoms with Gasteiger partial charge in [-0.05, 0) is 13.0 Å². The van der Waals surface area contributed by atoms with E-state index in [2.05, 4.69) is 12.1 Å². The highest BCUT2D eigenvalue weighted by molar-refractivity contribution is 5.58. The van der Waals surface area contributed by atoms with Crippen LogP contribution in [0.2, 0.25) is 0 Å². The van der Waals surface area contributed by atoms with Crippen LogP contribution in [0, 0.1) is 14.0 Å². The topological polar surface area (TPSA) is 17.8 Å². The molecule has 1 aromatic carbocycles. The van der Waals surface area contributed by atoms with Crippen LogP contribution in [-0.2, 0) is 0 Å². The van der Waals surface area contributed by atoms with Crippen LogP contribution in [0.1, 0.15) is 5.69 Å². The van der Waals surface area contributed by atoms with Gasteiger partial charge in [-0.3, -0.25) is 4.68 Å². The van der Waals surface area contributed by atoms with Crippen LogP contribution in [0.25, 0.3) is 11.3 Å². The number of rotatable bonds is 1. The molecule has 0 amide bonds. The molecule has 0 aliphatic rings. The first-order valence-corrected chi connectivity index (χ1v) is 4.20. The quantitative estimate of drug-likeness (QED) is 0.644. The van der Waals surface area contributed by atoms with Crippen molar-refractivity contribution in [2.45, 2.75) is 6.92 Å². The third-order valence-electron chi connectivity index (χ3n) is 2.05. The molecule has 0 saturated heterocycles. The molecule has 2 heteroatoms. The van der Waals surface area contributed by atoms with Gasteiger partial charge in [-0.25, -0.2) is 0 Å². The van der Waals surface area contributed by atoms with Crippen LogP contribution in [0.3, 0.4) is 0 Å². The first kappa shape index (κ1) is 8.05. The lowest BCUT2D eigenvalue weighted by atomic mass is 10.1. The minimum atomic E-state index is 0.980. The van der Waals surface area contributed by atoms with Crippen molar-refractivity contribution in [1.82, 2.24) is 9.78 Å². The van der Waals surface area contributed by atoms with Gasteiger partial charge in [0.1, 0.15) is 0 Å². The summed E-state index contributed by atoms with van der Waals surface area (Å²) in [6.07, 6.45) is 0. The molecular formula is C11H11N2. The molecule has 1 heterocycles. The zero-order chi connectivity index (χ0) is 9.26. The highest BCUT2D eigenvalue weighted by Crippen LogP contribution is 2.17. The Balaban J connectivity index is 2.48. The Morgan fingerprint density at radius 2 is 1.92 bits per heavy atom. The first-order valence-electron chi connectivity index (χ1n) is 4.20. The number of hydrogen-bond acceptors (Lipinski definition) is 1. The van der Waals surface area contributed by atoms with Gasteiger partial charge in [0, 0.05) is 11.3 Å². The lowest BCUT2D eigenvalue weighted by molar-refractivity contribution is 0.846. The predicted octanol–water partition coefficient (Wildman–Crippen LogP) is 2.50. The normalized spacial score (nSPS) is 10.3. The summed E-state index contributed by atoms with van der Waals surface area (Å²) >= 11 is 0. The molecule has 13 heavy (non-hydrogen) atoms. The van der Waals surface area contributed by atoms with Crippen LogP contribution in [0.15, 0.2) is 36.4 Å². The Kier molecular flexibility index (Phi) is 1.89. The largest absolute Gasteiger partial charge is 0.267 e. The Morgan fingerprint density at radius 1 is 1.23 bits per heavy atom. The summed E-state index contributed by atoms with van der Waals surface area (Å²) in [5.74, 6) is 0. The van der Waals surface area contributed by atoms with Crippen molar-refractivity contribution >= 4 is 0 Å². The smallest absolute Gasteiger partial charge is 0.0925 e. The van der Waals surface area contributed by atoms with Gasteiger partial charge in [-0.15, -0.1) is 0 Å². The van der Waals surface area contributed by atoms with Gasteiger partial charge in [-0.1, -0.05) is 30.3 Å².